The van der Waals surface area contributed by atoms with Crippen molar-refractivity contribution in [1.29, 1.82) is 0 Å². The van der Waals surface area contributed by atoms with Crippen molar-refractivity contribution in [2.75, 3.05) is 5.32 Å². The van der Waals surface area contributed by atoms with E-state index in [-0.39, 0.29) is 11.5 Å². The van der Waals surface area contributed by atoms with Gasteiger partial charge in [-0.2, -0.15) is 5.10 Å². The van der Waals surface area contributed by atoms with Crippen molar-refractivity contribution in [3.05, 3.63) is 48.2 Å². The second kappa shape index (κ2) is 8.08. The third kappa shape index (κ3) is 3.84. The number of halogens is 6. The average Bonchev–Trinajstić information content (AvgIpc) is 3.50. The topological polar surface area (TPSA) is 78.4 Å². The molecule has 0 aromatic carbocycles. The summed E-state index contributed by atoms with van der Waals surface area (Å²) < 4.78 is 89.5. The molecule has 4 aromatic rings. The molecule has 0 bridgehead atoms. The Hall–Kier alpha value is -3.84. The van der Waals surface area contributed by atoms with Gasteiger partial charge < -0.3 is 14.5 Å². The quantitative estimate of drug-likeness (QED) is 0.356. The maximum atomic E-state index is 15.1. The van der Waals surface area contributed by atoms with Gasteiger partial charge in [0, 0.05) is 43.9 Å². The molecule has 4 aromatic heterocycles. The average molecular weight is 536 g/mol. The molecule has 0 unspecified atom stereocenters. The fraction of sp³-hybridized carbons (Fsp3) is 0.417. The van der Waals surface area contributed by atoms with Crippen LogP contribution >= 0.6 is 0 Å². The molecule has 1 aliphatic carbocycles. The van der Waals surface area contributed by atoms with Crippen molar-refractivity contribution in [3.8, 4) is 22.6 Å². The fourth-order valence-corrected chi connectivity index (χ4v) is 5.33. The molecule has 0 atom stereocenters. The monoisotopic (exact) mass is 536 g/mol. The molecule has 1 fully saturated rings. The molecule has 6 rings (SSSR count). The summed E-state index contributed by atoms with van der Waals surface area (Å²) in [5.41, 5.74) is -0.0702. The third-order valence-electron chi connectivity index (χ3n) is 7.17. The van der Waals surface area contributed by atoms with Gasteiger partial charge in [0.15, 0.2) is 5.82 Å². The Morgan fingerprint density at radius 2 is 1.79 bits per heavy atom. The molecule has 200 valence electrons. The lowest BCUT2D eigenvalue weighted by atomic mass is 9.65. The standard InChI is InChI=1S/C24H22F6N8/c1-13-7-31-17(33-18-3-4-32-36(18)2)6-15(13)14-5-16-19-34-35-21(22(20(25)26)9-23(27,28)10-22)38(19)12-24(29,30)11-37(16)8-14/h3-8,20H,9-12H2,1-2H3,(H,31,33). The zero-order valence-electron chi connectivity index (χ0n) is 20.3. The van der Waals surface area contributed by atoms with Gasteiger partial charge in [0.1, 0.15) is 22.9 Å². The Kier molecular flexibility index (Phi) is 5.21. The summed E-state index contributed by atoms with van der Waals surface area (Å²) in [6.07, 6.45) is -0.763. The first-order valence-electron chi connectivity index (χ1n) is 11.8. The zero-order valence-corrected chi connectivity index (χ0v) is 20.3. The first kappa shape index (κ1) is 24.5. The van der Waals surface area contributed by atoms with Crippen LogP contribution in [0.2, 0.25) is 0 Å². The number of nitrogens with one attached hydrogen (secondary N) is 1. The SMILES string of the molecule is Cc1cnc(Nc2ccnn2C)cc1-c1cc2n(c1)CC(F)(F)Cn1c-2nnc1C1(C(F)F)CC(F)(F)C1. The van der Waals surface area contributed by atoms with E-state index in [0.29, 0.717) is 22.8 Å². The van der Waals surface area contributed by atoms with Crippen LogP contribution in [0.15, 0.2) is 36.8 Å². The molecule has 0 saturated heterocycles. The van der Waals surface area contributed by atoms with Crippen LogP contribution in [0.4, 0.5) is 38.0 Å². The highest BCUT2D eigenvalue weighted by molar-refractivity contribution is 5.75. The van der Waals surface area contributed by atoms with Crippen LogP contribution in [-0.2, 0) is 25.6 Å². The van der Waals surface area contributed by atoms with Gasteiger partial charge in [-0.1, -0.05) is 0 Å². The van der Waals surface area contributed by atoms with E-state index in [1.54, 1.807) is 42.3 Å². The molecule has 38 heavy (non-hydrogen) atoms. The van der Waals surface area contributed by atoms with Crippen LogP contribution in [0.3, 0.4) is 0 Å². The highest BCUT2D eigenvalue weighted by atomic mass is 19.3. The lowest BCUT2D eigenvalue weighted by molar-refractivity contribution is -0.174. The smallest absolute Gasteiger partial charge is 0.283 e. The lowest BCUT2D eigenvalue weighted by Crippen LogP contribution is -2.55. The molecule has 0 amide bonds. The number of fused-ring (bicyclic) bond motifs is 3. The van der Waals surface area contributed by atoms with Gasteiger partial charge in [0.2, 0.25) is 0 Å². The summed E-state index contributed by atoms with van der Waals surface area (Å²) >= 11 is 0. The van der Waals surface area contributed by atoms with Crippen molar-refractivity contribution in [3.63, 3.8) is 0 Å². The highest BCUT2D eigenvalue weighted by Gasteiger charge is 2.65. The van der Waals surface area contributed by atoms with Gasteiger partial charge in [0.05, 0.1) is 25.0 Å². The first-order chi connectivity index (χ1) is 17.9. The van der Waals surface area contributed by atoms with E-state index < -0.39 is 55.4 Å². The minimum atomic E-state index is -3.37. The summed E-state index contributed by atoms with van der Waals surface area (Å²) in [5.74, 6) is -6.11. The van der Waals surface area contributed by atoms with Crippen LogP contribution in [-0.4, -0.2) is 52.4 Å². The predicted molar refractivity (Wildman–Crippen MR) is 125 cm³/mol. The zero-order chi connectivity index (χ0) is 27.0. The Balaban J connectivity index is 1.43. The van der Waals surface area contributed by atoms with Crippen LogP contribution in [0.1, 0.15) is 24.2 Å². The maximum absolute atomic E-state index is 15.1. The van der Waals surface area contributed by atoms with E-state index in [0.717, 1.165) is 10.1 Å². The van der Waals surface area contributed by atoms with Gasteiger partial charge >= 0.3 is 0 Å². The van der Waals surface area contributed by atoms with Crippen LogP contribution < -0.4 is 5.32 Å². The van der Waals surface area contributed by atoms with Gasteiger partial charge in [-0.25, -0.2) is 31.3 Å². The molecule has 1 saturated carbocycles. The number of anilines is 2. The first-order valence-corrected chi connectivity index (χ1v) is 11.8. The van der Waals surface area contributed by atoms with E-state index in [1.807, 2.05) is 6.92 Å². The number of hydrogen-bond donors (Lipinski definition) is 1. The second-order valence-corrected chi connectivity index (χ2v) is 10.0. The molecule has 2 aliphatic rings. The molecule has 0 radical (unpaired) electrons. The molecule has 5 heterocycles. The predicted octanol–water partition coefficient (Wildman–Crippen LogP) is 5.18. The molecular weight excluding hydrogens is 514 g/mol. The number of aromatic nitrogens is 7. The molecule has 1 aliphatic heterocycles. The maximum Gasteiger partial charge on any atom is 0.283 e. The van der Waals surface area contributed by atoms with Crippen molar-refractivity contribution in [2.24, 2.45) is 7.05 Å². The summed E-state index contributed by atoms with van der Waals surface area (Å²) in [6, 6.07) is 5.14. The van der Waals surface area contributed by atoms with Gasteiger partial charge in [-0.3, -0.25) is 4.68 Å². The molecular formula is C24H22F6N8. The van der Waals surface area contributed by atoms with E-state index in [1.165, 1.54) is 10.8 Å². The summed E-state index contributed by atoms with van der Waals surface area (Å²) in [6.45, 7) is 0.0828. The number of pyridine rings is 1. The van der Waals surface area contributed by atoms with E-state index in [4.69, 9.17) is 0 Å². The number of alkyl halides is 6. The summed E-state index contributed by atoms with van der Waals surface area (Å²) in [4.78, 5) is 4.37. The Morgan fingerprint density at radius 3 is 2.45 bits per heavy atom. The van der Waals surface area contributed by atoms with Crippen molar-refractivity contribution < 1.29 is 26.3 Å². The van der Waals surface area contributed by atoms with Crippen molar-refractivity contribution in [2.45, 2.75) is 56.5 Å². The summed E-state index contributed by atoms with van der Waals surface area (Å²) in [5, 5.41) is 15.0. The molecule has 14 heteroatoms. The van der Waals surface area contributed by atoms with Crippen LogP contribution in [0, 0.1) is 6.92 Å². The van der Waals surface area contributed by atoms with E-state index in [2.05, 4.69) is 25.6 Å². The highest BCUT2D eigenvalue weighted by Crippen LogP contribution is 2.56. The fourth-order valence-electron chi connectivity index (χ4n) is 5.33. The Bertz CT molecular complexity index is 1530. The van der Waals surface area contributed by atoms with E-state index in [9.17, 15) is 17.6 Å². The van der Waals surface area contributed by atoms with Crippen LogP contribution in [0.5, 0.6) is 0 Å². The minimum absolute atomic E-state index is 0.0707. The van der Waals surface area contributed by atoms with Crippen LogP contribution in [0.25, 0.3) is 22.6 Å². The number of rotatable bonds is 5. The molecule has 1 N–H and O–H groups in total. The normalized spacial score (nSPS) is 19.0. The Morgan fingerprint density at radius 1 is 1.03 bits per heavy atom. The Labute approximate surface area is 212 Å². The molecule has 8 nitrogen and oxygen atoms in total. The van der Waals surface area contributed by atoms with Gasteiger partial charge in [-0.05, 0) is 30.2 Å². The van der Waals surface area contributed by atoms with Crippen molar-refractivity contribution >= 4 is 11.6 Å². The van der Waals surface area contributed by atoms with E-state index >= 15 is 8.78 Å². The minimum Gasteiger partial charge on any atom is -0.338 e. The van der Waals surface area contributed by atoms with Gasteiger partial charge in [-0.15, -0.1) is 10.2 Å². The number of nitrogens with zero attached hydrogens (tertiary/aromatic N) is 7. The number of aryl methyl sites for hydroxylation is 2. The largest absolute Gasteiger partial charge is 0.338 e. The summed E-state index contributed by atoms with van der Waals surface area (Å²) in [7, 11) is 1.76. The number of hydrogen-bond acceptors (Lipinski definition) is 5. The lowest BCUT2D eigenvalue weighted by Gasteiger charge is -2.45. The van der Waals surface area contributed by atoms with Crippen molar-refractivity contribution in [1.82, 2.24) is 34.1 Å². The molecule has 0 spiro atoms. The second-order valence-electron chi connectivity index (χ2n) is 10.0. The third-order valence-corrected chi connectivity index (χ3v) is 7.17. The van der Waals surface area contributed by atoms with Gasteiger partial charge in [0.25, 0.3) is 18.3 Å².